The fourth-order valence-corrected chi connectivity index (χ4v) is 6.19. The lowest BCUT2D eigenvalue weighted by Gasteiger charge is -2.18. The molecule has 0 aromatic carbocycles. The van der Waals surface area contributed by atoms with Gasteiger partial charge in [-0.25, -0.2) is 0 Å². The Hall–Kier alpha value is -1.59. The van der Waals surface area contributed by atoms with Crippen molar-refractivity contribution in [3.63, 3.8) is 0 Å². The van der Waals surface area contributed by atoms with Gasteiger partial charge in [-0.05, 0) is 31.1 Å². The Morgan fingerprint density at radius 3 is 1.16 bits per heavy atom. The SMILES string of the molecule is CCCCCCCCCCCCCC(=O)OC[C@H](COC(=O)CCCCCCCCCC(C)C)OC(=O)CCCCCCCCC(C)CC. The fraction of sp³-hybridized carbons (Fsp3) is 0.930. The molecule has 6 heteroatoms. The highest BCUT2D eigenvalue weighted by atomic mass is 16.6. The number of carbonyl (C=O) groups excluding carboxylic acids is 3. The molecule has 6 nitrogen and oxygen atoms in total. The van der Waals surface area contributed by atoms with Crippen LogP contribution in [0.15, 0.2) is 0 Å². The zero-order valence-electron chi connectivity index (χ0n) is 33.3. The third-order valence-electron chi connectivity index (χ3n) is 9.83. The Balaban J connectivity index is 4.36. The highest BCUT2D eigenvalue weighted by Gasteiger charge is 2.19. The molecule has 49 heavy (non-hydrogen) atoms. The molecule has 0 saturated heterocycles. The minimum Gasteiger partial charge on any atom is -0.462 e. The standard InChI is InChI=1S/C43H82O6/c1-6-8-9-10-11-12-13-14-17-23-28-33-41(44)47-36-40(49-43(46)35-30-25-20-19-22-27-32-39(5)7-2)37-48-42(45)34-29-24-18-15-16-21-26-31-38(3)4/h38-40H,6-37H2,1-5H3/t39?,40-/m1/s1. The summed E-state index contributed by atoms with van der Waals surface area (Å²) in [4.78, 5) is 37.5. The summed E-state index contributed by atoms with van der Waals surface area (Å²) >= 11 is 0. The molecule has 0 aliphatic heterocycles. The molecule has 0 rings (SSSR count). The lowest BCUT2D eigenvalue weighted by Crippen LogP contribution is -2.30. The van der Waals surface area contributed by atoms with E-state index in [0.29, 0.717) is 19.3 Å². The van der Waals surface area contributed by atoms with Gasteiger partial charge in [-0.15, -0.1) is 0 Å². The number of ether oxygens (including phenoxy) is 3. The second-order valence-corrected chi connectivity index (χ2v) is 15.3. The van der Waals surface area contributed by atoms with Gasteiger partial charge in [-0.3, -0.25) is 14.4 Å². The van der Waals surface area contributed by atoms with Crippen molar-refractivity contribution in [2.24, 2.45) is 11.8 Å². The molecule has 0 bridgehead atoms. The number of hydrogen-bond donors (Lipinski definition) is 0. The molecule has 0 radical (unpaired) electrons. The molecular formula is C43H82O6. The van der Waals surface area contributed by atoms with E-state index in [4.69, 9.17) is 14.2 Å². The van der Waals surface area contributed by atoms with E-state index in [2.05, 4.69) is 34.6 Å². The van der Waals surface area contributed by atoms with Crippen molar-refractivity contribution in [3.8, 4) is 0 Å². The minimum absolute atomic E-state index is 0.0666. The van der Waals surface area contributed by atoms with Crippen LogP contribution in [0.25, 0.3) is 0 Å². The lowest BCUT2D eigenvalue weighted by atomic mass is 10.00. The first-order valence-corrected chi connectivity index (χ1v) is 21.3. The van der Waals surface area contributed by atoms with Crippen LogP contribution in [0.5, 0.6) is 0 Å². The maximum Gasteiger partial charge on any atom is 0.306 e. The monoisotopic (exact) mass is 695 g/mol. The van der Waals surface area contributed by atoms with E-state index in [1.54, 1.807) is 0 Å². The van der Waals surface area contributed by atoms with E-state index in [0.717, 1.165) is 69.6 Å². The summed E-state index contributed by atoms with van der Waals surface area (Å²) in [6, 6.07) is 0. The topological polar surface area (TPSA) is 78.9 Å². The number of carbonyl (C=O) groups is 3. The molecule has 1 unspecified atom stereocenters. The first-order valence-electron chi connectivity index (χ1n) is 21.3. The average Bonchev–Trinajstić information content (AvgIpc) is 3.08. The quantitative estimate of drug-likeness (QED) is 0.0366. The van der Waals surface area contributed by atoms with Crippen molar-refractivity contribution in [2.75, 3.05) is 13.2 Å². The molecule has 2 atom stereocenters. The van der Waals surface area contributed by atoms with Gasteiger partial charge in [0.05, 0.1) is 0 Å². The number of rotatable bonds is 37. The molecule has 290 valence electrons. The van der Waals surface area contributed by atoms with E-state index >= 15 is 0 Å². The van der Waals surface area contributed by atoms with E-state index in [1.807, 2.05) is 0 Å². The van der Waals surface area contributed by atoms with Crippen LogP contribution in [-0.2, 0) is 28.6 Å². The van der Waals surface area contributed by atoms with E-state index < -0.39 is 6.10 Å². The third-order valence-corrected chi connectivity index (χ3v) is 9.83. The summed E-state index contributed by atoms with van der Waals surface area (Å²) in [5, 5.41) is 0. The number of hydrogen-bond acceptors (Lipinski definition) is 6. The predicted octanol–water partition coefficient (Wildman–Crippen LogP) is 13.0. The lowest BCUT2D eigenvalue weighted by molar-refractivity contribution is -0.167. The zero-order chi connectivity index (χ0) is 36.2. The van der Waals surface area contributed by atoms with Crippen LogP contribution in [0, 0.1) is 11.8 Å². The molecule has 0 N–H and O–H groups in total. The number of unbranched alkanes of at least 4 members (excludes halogenated alkanes) is 21. The van der Waals surface area contributed by atoms with Gasteiger partial charge in [0.15, 0.2) is 6.10 Å². The van der Waals surface area contributed by atoms with E-state index in [-0.39, 0.29) is 31.1 Å². The molecule has 0 spiro atoms. The summed E-state index contributed by atoms with van der Waals surface area (Å²) in [5.74, 6) is 0.723. The maximum atomic E-state index is 12.6. The summed E-state index contributed by atoms with van der Waals surface area (Å²) in [6.45, 7) is 11.2. The van der Waals surface area contributed by atoms with Crippen molar-refractivity contribution < 1.29 is 28.6 Å². The summed E-state index contributed by atoms with van der Waals surface area (Å²) in [5.41, 5.74) is 0. The first kappa shape index (κ1) is 47.4. The minimum atomic E-state index is -0.760. The maximum absolute atomic E-state index is 12.6. The third kappa shape index (κ3) is 36.0. The summed E-state index contributed by atoms with van der Waals surface area (Å²) in [6.07, 6.45) is 32.4. The largest absolute Gasteiger partial charge is 0.462 e. The molecule has 0 aliphatic carbocycles. The van der Waals surface area contributed by atoms with E-state index in [1.165, 1.54) is 116 Å². The second kappa shape index (κ2) is 36.2. The number of esters is 3. The van der Waals surface area contributed by atoms with Gasteiger partial charge in [0.25, 0.3) is 0 Å². The van der Waals surface area contributed by atoms with Crippen molar-refractivity contribution in [2.45, 2.75) is 233 Å². The highest BCUT2D eigenvalue weighted by molar-refractivity contribution is 5.71. The summed E-state index contributed by atoms with van der Waals surface area (Å²) < 4.78 is 16.6. The van der Waals surface area contributed by atoms with Crippen LogP contribution in [0.1, 0.15) is 227 Å². The average molecular weight is 695 g/mol. The van der Waals surface area contributed by atoms with Gasteiger partial charge >= 0.3 is 17.9 Å². The molecule has 0 fully saturated rings. The van der Waals surface area contributed by atoms with E-state index in [9.17, 15) is 14.4 Å². The van der Waals surface area contributed by atoms with Crippen molar-refractivity contribution >= 4 is 17.9 Å². The second-order valence-electron chi connectivity index (χ2n) is 15.3. The van der Waals surface area contributed by atoms with Gasteiger partial charge in [-0.1, -0.05) is 189 Å². The molecule has 0 heterocycles. The van der Waals surface area contributed by atoms with Crippen LogP contribution < -0.4 is 0 Å². The van der Waals surface area contributed by atoms with Gasteiger partial charge in [0.2, 0.25) is 0 Å². The summed E-state index contributed by atoms with van der Waals surface area (Å²) in [7, 11) is 0. The smallest absolute Gasteiger partial charge is 0.306 e. The normalized spacial score (nSPS) is 12.6. The van der Waals surface area contributed by atoms with Crippen molar-refractivity contribution in [3.05, 3.63) is 0 Å². The molecule has 0 amide bonds. The Morgan fingerprint density at radius 1 is 0.429 bits per heavy atom. The first-order chi connectivity index (χ1) is 23.8. The molecule has 0 aliphatic rings. The molecule has 0 aromatic rings. The van der Waals surface area contributed by atoms with Crippen LogP contribution in [-0.4, -0.2) is 37.2 Å². The van der Waals surface area contributed by atoms with Crippen molar-refractivity contribution in [1.29, 1.82) is 0 Å². The van der Waals surface area contributed by atoms with Gasteiger partial charge in [-0.2, -0.15) is 0 Å². The molecule has 0 saturated carbocycles. The molecular weight excluding hydrogens is 612 g/mol. The zero-order valence-corrected chi connectivity index (χ0v) is 33.3. The Labute approximate surface area is 304 Å². The Kier molecular flexibility index (Phi) is 35.0. The van der Waals surface area contributed by atoms with Crippen LogP contribution >= 0.6 is 0 Å². The van der Waals surface area contributed by atoms with Crippen LogP contribution in [0.4, 0.5) is 0 Å². The highest BCUT2D eigenvalue weighted by Crippen LogP contribution is 2.16. The Morgan fingerprint density at radius 2 is 0.776 bits per heavy atom. The predicted molar refractivity (Wildman–Crippen MR) is 206 cm³/mol. The van der Waals surface area contributed by atoms with Crippen LogP contribution in [0.2, 0.25) is 0 Å². The van der Waals surface area contributed by atoms with Gasteiger partial charge < -0.3 is 14.2 Å². The van der Waals surface area contributed by atoms with Gasteiger partial charge in [0.1, 0.15) is 13.2 Å². The van der Waals surface area contributed by atoms with Crippen LogP contribution in [0.3, 0.4) is 0 Å². The fourth-order valence-electron chi connectivity index (χ4n) is 6.19. The van der Waals surface area contributed by atoms with Crippen molar-refractivity contribution in [1.82, 2.24) is 0 Å². The molecule has 0 aromatic heterocycles. The van der Waals surface area contributed by atoms with Gasteiger partial charge in [0, 0.05) is 19.3 Å². The Bertz CT molecular complexity index is 751.